The number of rotatable bonds is 10. The average Bonchev–Trinajstić information content (AvgIpc) is 3.41. The number of benzene rings is 1. The van der Waals surface area contributed by atoms with Gasteiger partial charge in [0.25, 0.3) is 0 Å². The van der Waals surface area contributed by atoms with Crippen LogP contribution in [0, 0.1) is 23.7 Å². The molecule has 3 aliphatic rings. The molecule has 4 rings (SSSR count). The number of hydrogen-bond donors (Lipinski definition) is 0. The van der Waals surface area contributed by atoms with Crippen molar-refractivity contribution in [3.05, 3.63) is 24.3 Å². The van der Waals surface area contributed by atoms with Crippen molar-refractivity contribution < 1.29 is 19.1 Å². The standard InChI is InChI=1S/C25H33NO4/c1-2-3-4-5-6-7-8-12-21(27)30-20-11-9-10-19(16-20)26-24(28)22-17-13-14-18(15-17)23(22)25(26)29/h9-11,16-18,22-23H,2-8,12-15H2,1H3/t17-,18+,22-,23+. The van der Waals surface area contributed by atoms with Crippen LogP contribution in [0.2, 0.25) is 0 Å². The number of esters is 1. The van der Waals surface area contributed by atoms with E-state index in [9.17, 15) is 14.4 Å². The highest BCUT2D eigenvalue weighted by Crippen LogP contribution is 2.56. The third-order valence-electron chi connectivity index (χ3n) is 7.22. The van der Waals surface area contributed by atoms with E-state index in [1.165, 1.54) is 30.6 Å². The van der Waals surface area contributed by atoms with Crippen LogP contribution >= 0.6 is 0 Å². The third-order valence-corrected chi connectivity index (χ3v) is 7.22. The predicted molar refractivity (Wildman–Crippen MR) is 115 cm³/mol. The second-order valence-electron chi connectivity index (χ2n) is 9.24. The third kappa shape index (κ3) is 4.17. The van der Waals surface area contributed by atoms with E-state index in [4.69, 9.17) is 4.74 Å². The molecule has 5 nitrogen and oxygen atoms in total. The first-order valence-electron chi connectivity index (χ1n) is 11.8. The lowest BCUT2D eigenvalue weighted by Gasteiger charge is -2.19. The average molecular weight is 412 g/mol. The van der Waals surface area contributed by atoms with E-state index in [0.717, 1.165) is 38.5 Å². The van der Waals surface area contributed by atoms with Gasteiger partial charge in [-0.2, -0.15) is 0 Å². The van der Waals surface area contributed by atoms with Gasteiger partial charge in [0.1, 0.15) is 5.75 Å². The summed E-state index contributed by atoms with van der Waals surface area (Å²) in [6, 6.07) is 6.87. The van der Waals surface area contributed by atoms with Gasteiger partial charge >= 0.3 is 5.97 Å². The SMILES string of the molecule is CCCCCCCCCC(=O)Oc1cccc(N2C(=O)[C@@H]3[C@@H]4CC[C@@H](C4)[C@@H]3C2=O)c1. The largest absolute Gasteiger partial charge is 0.426 e. The van der Waals surface area contributed by atoms with Crippen LogP contribution in [0.15, 0.2) is 24.3 Å². The summed E-state index contributed by atoms with van der Waals surface area (Å²) in [7, 11) is 0. The van der Waals surface area contributed by atoms with Crippen LogP contribution in [-0.4, -0.2) is 17.8 Å². The topological polar surface area (TPSA) is 63.7 Å². The van der Waals surface area contributed by atoms with Gasteiger partial charge in [0.15, 0.2) is 0 Å². The molecular weight excluding hydrogens is 378 g/mol. The summed E-state index contributed by atoms with van der Waals surface area (Å²) in [6.07, 6.45) is 11.6. The van der Waals surface area contributed by atoms with Crippen molar-refractivity contribution >= 4 is 23.5 Å². The lowest BCUT2D eigenvalue weighted by atomic mass is 9.81. The minimum Gasteiger partial charge on any atom is -0.426 e. The number of imide groups is 1. The van der Waals surface area contributed by atoms with Gasteiger partial charge in [-0.3, -0.25) is 14.4 Å². The molecular formula is C25H33NO4. The van der Waals surface area contributed by atoms with Gasteiger partial charge in [0.05, 0.1) is 17.5 Å². The minimum atomic E-state index is -0.255. The first kappa shape index (κ1) is 21.1. The molecule has 4 atom stereocenters. The quantitative estimate of drug-likeness (QED) is 0.228. The maximum absolute atomic E-state index is 13.0. The fourth-order valence-electron chi connectivity index (χ4n) is 5.76. The number of carbonyl (C=O) groups is 3. The zero-order valence-electron chi connectivity index (χ0n) is 18.0. The fraction of sp³-hybridized carbons (Fsp3) is 0.640. The van der Waals surface area contributed by atoms with Crippen LogP contribution < -0.4 is 9.64 Å². The number of nitrogens with zero attached hydrogens (tertiary/aromatic N) is 1. The van der Waals surface area contributed by atoms with E-state index in [0.29, 0.717) is 29.7 Å². The molecule has 5 heteroatoms. The Labute approximate surface area is 179 Å². The Morgan fingerprint density at radius 2 is 1.60 bits per heavy atom. The van der Waals surface area contributed by atoms with E-state index < -0.39 is 0 Å². The molecule has 0 unspecified atom stereocenters. The Morgan fingerprint density at radius 3 is 2.27 bits per heavy atom. The molecule has 0 N–H and O–H groups in total. The van der Waals surface area contributed by atoms with Crippen molar-refractivity contribution in [2.75, 3.05) is 4.90 Å². The van der Waals surface area contributed by atoms with Gasteiger partial charge in [0.2, 0.25) is 11.8 Å². The van der Waals surface area contributed by atoms with Crippen LogP contribution in [0.4, 0.5) is 5.69 Å². The second-order valence-corrected chi connectivity index (χ2v) is 9.24. The normalized spacial score (nSPS) is 27.0. The smallest absolute Gasteiger partial charge is 0.311 e. The van der Waals surface area contributed by atoms with Crippen molar-refractivity contribution in [1.29, 1.82) is 0 Å². The molecule has 2 saturated carbocycles. The lowest BCUT2D eigenvalue weighted by molar-refractivity contribution is -0.134. The summed E-state index contributed by atoms with van der Waals surface area (Å²) in [5, 5.41) is 0. The highest BCUT2D eigenvalue weighted by molar-refractivity contribution is 6.22. The van der Waals surface area contributed by atoms with E-state index in [1.807, 2.05) is 0 Å². The number of anilines is 1. The predicted octanol–water partition coefficient (Wildman–Crippen LogP) is 5.27. The summed E-state index contributed by atoms with van der Waals surface area (Å²) in [6.45, 7) is 2.20. The molecule has 2 amide bonds. The molecule has 162 valence electrons. The molecule has 0 aromatic heterocycles. The van der Waals surface area contributed by atoms with E-state index in [-0.39, 0.29) is 29.6 Å². The Hall–Kier alpha value is -2.17. The van der Waals surface area contributed by atoms with Gasteiger partial charge < -0.3 is 4.74 Å². The first-order chi connectivity index (χ1) is 14.6. The molecule has 1 aromatic rings. The number of hydrogen-bond acceptors (Lipinski definition) is 4. The van der Waals surface area contributed by atoms with Gasteiger partial charge in [-0.05, 0) is 49.7 Å². The summed E-state index contributed by atoms with van der Waals surface area (Å²) in [5.41, 5.74) is 0.528. The molecule has 1 heterocycles. The Kier molecular flexibility index (Phi) is 6.55. The van der Waals surface area contributed by atoms with Gasteiger partial charge in [-0.15, -0.1) is 0 Å². The first-order valence-corrected chi connectivity index (χ1v) is 11.8. The zero-order valence-corrected chi connectivity index (χ0v) is 18.0. The number of unbranched alkanes of at least 4 members (excludes halogenated alkanes) is 6. The Morgan fingerprint density at radius 1 is 0.967 bits per heavy atom. The van der Waals surface area contributed by atoms with Crippen LogP contribution in [0.1, 0.15) is 77.6 Å². The van der Waals surface area contributed by atoms with Crippen molar-refractivity contribution in [3.63, 3.8) is 0 Å². The summed E-state index contributed by atoms with van der Waals surface area (Å²) >= 11 is 0. The zero-order chi connectivity index (χ0) is 21.1. The summed E-state index contributed by atoms with van der Waals surface area (Å²) < 4.78 is 5.49. The molecule has 3 fully saturated rings. The maximum Gasteiger partial charge on any atom is 0.311 e. The molecule has 1 aromatic carbocycles. The molecule has 1 aliphatic heterocycles. The van der Waals surface area contributed by atoms with Gasteiger partial charge in [0, 0.05) is 12.5 Å². The van der Waals surface area contributed by atoms with Crippen molar-refractivity contribution in [1.82, 2.24) is 0 Å². The highest BCUT2D eigenvalue weighted by Gasteiger charge is 2.61. The maximum atomic E-state index is 13.0. The van der Waals surface area contributed by atoms with Gasteiger partial charge in [-0.25, -0.2) is 4.90 Å². The summed E-state index contributed by atoms with van der Waals surface area (Å²) in [4.78, 5) is 39.5. The molecule has 0 radical (unpaired) electrons. The number of carbonyl (C=O) groups excluding carboxylic acids is 3. The lowest BCUT2D eigenvalue weighted by Crippen LogP contribution is -2.32. The Bertz CT molecular complexity index is 776. The van der Waals surface area contributed by atoms with Crippen molar-refractivity contribution in [2.45, 2.75) is 77.6 Å². The van der Waals surface area contributed by atoms with Crippen LogP contribution in [0.5, 0.6) is 5.75 Å². The molecule has 1 saturated heterocycles. The van der Waals surface area contributed by atoms with Crippen LogP contribution in [-0.2, 0) is 14.4 Å². The molecule has 2 bridgehead atoms. The number of amides is 2. The number of ether oxygens (including phenoxy) is 1. The summed E-state index contributed by atoms with van der Waals surface area (Å²) in [5.74, 6) is 0.469. The number of fused-ring (bicyclic) bond motifs is 5. The van der Waals surface area contributed by atoms with E-state index >= 15 is 0 Å². The monoisotopic (exact) mass is 411 g/mol. The van der Waals surface area contributed by atoms with Gasteiger partial charge in [-0.1, -0.05) is 51.5 Å². The molecule has 2 aliphatic carbocycles. The fourth-order valence-corrected chi connectivity index (χ4v) is 5.76. The highest BCUT2D eigenvalue weighted by atomic mass is 16.5. The second kappa shape index (κ2) is 9.32. The molecule has 30 heavy (non-hydrogen) atoms. The van der Waals surface area contributed by atoms with E-state index in [1.54, 1.807) is 24.3 Å². The van der Waals surface area contributed by atoms with Crippen molar-refractivity contribution in [2.24, 2.45) is 23.7 Å². The minimum absolute atomic E-state index is 0.0660. The van der Waals surface area contributed by atoms with Crippen molar-refractivity contribution in [3.8, 4) is 5.75 Å². The van der Waals surface area contributed by atoms with E-state index in [2.05, 4.69) is 6.92 Å². The van der Waals surface area contributed by atoms with Crippen LogP contribution in [0.3, 0.4) is 0 Å². The Balaban J connectivity index is 1.31. The molecule has 0 spiro atoms. The van der Waals surface area contributed by atoms with Crippen LogP contribution in [0.25, 0.3) is 0 Å².